The predicted octanol–water partition coefficient (Wildman–Crippen LogP) is 3.17. The number of hydrogen-bond acceptors (Lipinski definition) is 4. The van der Waals surface area contributed by atoms with Crippen molar-refractivity contribution in [3.05, 3.63) is 77.2 Å². The normalized spacial score (nSPS) is 18.2. The number of rotatable bonds is 6. The number of amides is 2. The molecule has 6 heteroatoms. The van der Waals surface area contributed by atoms with E-state index in [2.05, 4.69) is 11.9 Å². The third-order valence-electron chi connectivity index (χ3n) is 6.33. The molecule has 4 rings (SSSR count). The number of imide groups is 1. The van der Waals surface area contributed by atoms with Crippen molar-refractivity contribution in [2.45, 2.75) is 25.3 Å². The summed E-state index contributed by atoms with van der Waals surface area (Å²) >= 11 is 0. The smallest absolute Gasteiger partial charge is 0.277 e. The Morgan fingerprint density at radius 3 is 2.26 bits per heavy atom. The first-order valence-electron chi connectivity index (χ1n) is 10.8. The molecular formula is C25H28FN3O2. The Labute approximate surface area is 182 Å². The number of carbonyl (C=O) groups is 2. The number of carbonyl (C=O) groups excluding carboxylic acids is 2. The van der Waals surface area contributed by atoms with E-state index in [1.165, 1.54) is 17.0 Å². The van der Waals surface area contributed by atoms with Crippen molar-refractivity contribution in [1.82, 2.24) is 14.7 Å². The molecule has 2 heterocycles. The molecule has 0 aromatic heterocycles. The highest BCUT2D eigenvalue weighted by Gasteiger charge is 2.42. The Morgan fingerprint density at radius 2 is 1.61 bits per heavy atom. The van der Waals surface area contributed by atoms with Gasteiger partial charge in [-0.2, -0.15) is 0 Å². The molecule has 1 saturated heterocycles. The quantitative estimate of drug-likeness (QED) is 0.672. The highest BCUT2D eigenvalue weighted by molar-refractivity contribution is 6.35. The summed E-state index contributed by atoms with van der Waals surface area (Å²) in [6.07, 6.45) is 2.46. The number of benzene rings is 2. The van der Waals surface area contributed by atoms with Gasteiger partial charge in [0.15, 0.2) is 0 Å². The zero-order valence-electron chi connectivity index (χ0n) is 18.1. The number of halogens is 1. The highest BCUT2D eigenvalue weighted by Crippen LogP contribution is 2.33. The summed E-state index contributed by atoms with van der Waals surface area (Å²) in [5.41, 5.74) is 2.46. The van der Waals surface area contributed by atoms with E-state index < -0.39 is 0 Å². The first kappa shape index (κ1) is 21.2. The lowest BCUT2D eigenvalue weighted by molar-refractivity contribution is -0.137. The molecule has 5 nitrogen and oxygen atoms in total. The zero-order chi connectivity index (χ0) is 22.0. The molecule has 0 saturated carbocycles. The lowest BCUT2D eigenvalue weighted by Crippen LogP contribution is -2.43. The van der Waals surface area contributed by atoms with Crippen LogP contribution >= 0.6 is 0 Å². The number of likely N-dealkylation sites (tertiary alicyclic amines) is 1. The molecule has 0 N–H and O–H groups in total. The Balaban J connectivity index is 1.64. The zero-order valence-corrected chi connectivity index (χ0v) is 18.1. The van der Waals surface area contributed by atoms with Crippen LogP contribution in [0.5, 0.6) is 0 Å². The molecule has 0 aliphatic carbocycles. The van der Waals surface area contributed by atoms with Crippen LogP contribution in [-0.4, -0.2) is 66.3 Å². The molecular weight excluding hydrogens is 393 g/mol. The van der Waals surface area contributed by atoms with Crippen molar-refractivity contribution in [3.8, 4) is 0 Å². The summed E-state index contributed by atoms with van der Waals surface area (Å²) in [7, 11) is 4.00. The van der Waals surface area contributed by atoms with E-state index in [0.29, 0.717) is 29.8 Å². The number of hydrogen-bond donors (Lipinski definition) is 0. The van der Waals surface area contributed by atoms with Gasteiger partial charge in [-0.25, -0.2) is 4.39 Å². The van der Waals surface area contributed by atoms with E-state index in [1.54, 1.807) is 12.1 Å². The van der Waals surface area contributed by atoms with Gasteiger partial charge in [-0.05, 0) is 62.7 Å². The first-order valence-corrected chi connectivity index (χ1v) is 10.8. The molecule has 0 atom stereocenters. The summed E-state index contributed by atoms with van der Waals surface area (Å²) in [4.78, 5) is 32.4. The molecule has 31 heavy (non-hydrogen) atoms. The van der Waals surface area contributed by atoms with Crippen LogP contribution in [0, 0.1) is 5.82 Å². The van der Waals surface area contributed by atoms with Crippen LogP contribution in [0.25, 0.3) is 5.57 Å². The fourth-order valence-electron chi connectivity index (χ4n) is 4.42. The minimum absolute atomic E-state index is 0.187. The standard InChI is InChI=1S/C25H28FN3O2/c1-27-15-13-21(14-16-27)28(2)23-22(19-8-10-20(26)11-9-19)24(30)29(25(23)31)17-12-18-6-4-3-5-7-18/h3-11,21H,12-17H2,1-2H3. The summed E-state index contributed by atoms with van der Waals surface area (Å²) in [5, 5.41) is 0. The van der Waals surface area contributed by atoms with Gasteiger partial charge < -0.3 is 9.80 Å². The molecule has 2 amide bonds. The minimum Gasteiger partial charge on any atom is -0.366 e. The van der Waals surface area contributed by atoms with Crippen LogP contribution in [0.1, 0.15) is 24.0 Å². The lowest BCUT2D eigenvalue weighted by atomic mass is 10.00. The largest absolute Gasteiger partial charge is 0.366 e. The van der Waals surface area contributed by atoms with Gasteiger partial charge in [0.2, 0.25) is 0 Å². The SMILES string of the molecule is CN1CCC(N(C)C2=C(c3ccc(F)cc3)C(=O)N(CCc3ccccc3)C2=O)CC1. The van der Waals surface area contributed by atoms with Gasteiger partial charge in [0.25, 0.3) is 11.8 Å². The van der Waals surface area contributed by atoms with Crippen molar-refractivity contribution in [2.75, 3.05) is 33.7 Å². The van der Waals surface area contributed by atoms with Crippen LogP contribution in [-0.2, 0) is 16.0 Å². The van der Waals surface area contributed by atoms with Crippen LogP contribution in [0.4, 0.5) is 4.39 Å². The summed E-state index contributed by atoms with van der Waals surface area (Å²) in [6.45, 7) is 2.22. The average molecular weight is 422 g/mol. The minimum atomic E-state index is -0.368. The maximum absolute atomic E-state index is 13.5. The van der Waals surface area contributed by atoms with Crippen LogP contribution in [0.3, 0.4) is 0 Å². The number of nitrogens with zero attached hydrogens (tertiary/aromatic N) is 3. The van der Waals surface area contributed by atoms with Crippen LogP contribution < -0.4 is 0 Å². The van der Waals surface area contributed by atoms with Gasteiger partial charge in [0.1, 0.15) is 11.5 Å². The van der Waals surface area contributed by atoms with Gasteiger partial charge in [-0.1, -0.05) is 42.5 Å². The Kier molecular flexibility index (Phi) is 6.18. The molecule has 0 radical (unpaired) electrons. The maximum Gasteiger partial charge on any atom is 0.277 e. The van der Waals surface area contributed by atoms with Gasteiger partial charge in [0, 0.05) is 19.6 Å². The van der Waals surface area contributed by atoms with Gasteiger partial charge >= 0.3 is 0 Å². The van der Waals surface area contributed by atoms with Gasteiger partial charge in [-0.15, -0.1) is 0 Å². The number of piperidine rings is 1. The fourth-order valence-corrected chi connectivity index (χ4v) is 4.42. The van der Waals surface area contributed by atoms with Gasteiger partial charge in [0.05, 0.1) is 5.57 Å². The van der Waals surface area contributed by atoms with E-state index in [0.717, 1.165) is 31.5 Å². The van der Waals surface area contributed by atoms with Crippen LogP contribution in [0.15, 0.2) is 60.3 Å². The van der Waals surface area contributed by atoms with Crippen LogP contribution in [0.2, 0.25) is 0 Å². The van der Waals surface area contributed by atoms with E-state index in [9.17, 15) is 14.0 Å². The third kappa shape index (κ3) is 4.39. The molecule has 162 valence electrons. The summed E-state index contributed by atoms with van der Waals surface area (Å²) in [5.74, 6) is -0.934. The monoisotopic (exact) mass is 421 g/mol. The molecule has 2 aliphatic rings. The molecule has 2 aromatic rings. The van der Waals surface area contributed by atoms with Crippen molar-refractivity contribution in [3.63, 3.8) is 0 Å². The topological polar surface area (TPSA) is 43.9 Å². The molecule has 0 spiro atoms. The first-order chi connectivity index (χ1) is 15.0. The van der Waals surface area contributed by atoms with E-state index in [4.69, 9.17) is 0 Å². The molecule has 2 aromatic carbocycles. The van der Waals surface area contributed by atoms with E-state index in [-0.39, 0.29) is 23.7 Å². The highest BCUT2D eigenvalue weighted by atomic mass is 19.1. The maximum atomic E-state index is 13.5. The van der Waals surface area contributed by atoms with Crippen molar-refractivity contribution in [2.24, 2.45) is 0 Å². The van der Waals surface area contributed by atoms with E-state index in [1.807, 2.05) is 42.3 Å². The second kappa shape index (κ2) is 9.02. The van der Waals surface area contributed by atoms with E-state index >= 15 is 0 Å². The second-order valence-corrected chi connectivity index (χ2v) is 8.37. The fraction of sp³-hybridized carbons (Fsp3) is 0.360. The lowest BCUT2D eigenvalue weighted by Gasteiger charge is -2.36. The number of likely N-dealkylation sites (N-methyl/N-ethyl adjacent to an activating group) is 1. The molecule has 0 unspecified atom stereocenters. The summed E-state index contributed by atoms with van der Waals surface area (Å²) in [6, 6.07) is 15.8. The average Bonchev–Trinajstić information content (AvgIpc) is 3.03. The van der Waals surface area contributed by atoms with Crippen molar-refractivity contribution in [1.29, 1.82) is 0 Å². The molecule has 2 aliphatic heterocycles. The predicted molar refractivity (Wildman–Crippen MR) is 118 cm³/mol. The Morgan fingerprint density at radius 1 is 0.968 bits per heavy atom. The summed E-state index contributed by atoms with van der Waals surface area (Å²) < 4.78 is 13.5. The third-order valence-corrected chi connectivity index (χ3v) is 6.33. The van der Waals surface area contributed by atoms with Gasteiger partial charge in [-0.3, -0.25) is 14.5 Å². The van der Waals surface area contributed by atoms with Crippen molar-refractivity contribution < 1.29 is 14.0 Å². The molecule has 0 bridgehead atoms. The second-order valence-electron chi connectivity index (χ2n) is 8.37. The molecule has 1 fully saturated rings. The Bertz CT molecular complexity index is 980. The van der Waals surface area contributed by atoms with Crippen molar-refractivity contribution >= 4 is 17.4 Å². The Hall–Kier alpha value is -2.99.